The zero-order chi connectivity index (χ0) is 29.4. The molecule has 0 aliphatic heterocycles. The van der Waals surface area contributed by atoms with Crippen LogP contribution in [0, 0.1) is 29.1 Å². The number of alkyl halides is 2. The van der Waals surface area contributed by atoms with Gasteiger partial charge in [-0.05, 0) is 68.0 Å². The number of rotatable bonds is 13. The Morgan fingerprint density at radius 3 is 1.85 bits per heavy atom. The van der Waals surface area contributed by atoms with Gasteiger partial charge in [0.2, 0.25) is 0 Å². The maximum atomic E-state index is 14.6. The van der Waals surface area contributed by atoms with Crippen molar-refractivity contribution in [3.05, 3.63) is 95.3 Å². The molecular formula is C29H25F7O4. The second-order valence-corrected chi connectivity index (χ2v) is 8.84. The Labute approximate surface area is 226 Å². The molecule has 0 bridgehead atoms. The third-order valence-corrected chi connectivity index (χ3v) is 5.61. The van der Waals surface area contributed by atoms with Crippen LogP contribution in [-0.2, 0) is 15.6 Å². The minimum absolute atomic E-state index is 0.0627. The molecule has 214 valence electrons. The van der Waals surface area contributed by atoms with E-state index in [0.29, 0.717) is 48.7 Å². The first-order valence-electron chi connectivity index (χ1n) is 12.2. The lowest BCUT2D eigenvalue weighted by atomic mass is 10.0. The Morgan fingerprint density at radius 2 is 1.30 bits per heavy atom. The largest absolute Gasteiger partial charge is 0.494 e. The van der Waals surface area contributed by atoms with Crippen molar-refractivity contribution in [2.24, 2.45) is 0 Å². The third kappa shape index (κ3) is 8.00. The van der Waals surface area contributed by atoms with Crippen molar-refractivity contribution < 1.29 is 49.7 Å². The molecule has 40 heavy (non-hydrogen) atoms. The van der Waals surface area contributed by atoms with Gasteiger partial charge in [-0.3, -0.25) is 0 Å². The molecule has 3 aromatic carbocycles. The van der Waals surface area contributed by atoms with Gasteiger partial charge in [-0.15, -0.1) is 0 Å². The summed E-state index contributed by atoms with van der Waals surface area (Å²) >= 11 is 0. The predicted molar refractivity (Wildman–Crippen MR) is 132 cm³/mol. The first-order valence-corrected chi connectivity index (χ1v) is 12.2. The maximum Gasteiger partial charge on any atom is 0.432 e. The SMILES string of the molecule is C=C(C)C(=O)OCCCCCCOc1ccc(-c2cc(F)c(C(F)(F)Oc3cc(F)c(F)c(F)c3)c(F)c2)cc1. The highest BCUT2D eigenvalue weighted by Crippen LogP contribution is 2.37. The molecular weight excluding hydrogens is 545 g/mol. The second-order valence-electron chi connectivity index (χ2n) is 8.84. The number of carbonyl (C=O) groups is 1. The van der Waals surface area contributed by atoms with E-state index in [0.717, 1.165) is 19.3 Å². The fourth-order valence-electron chi connectivity index (χ4n) is 3.59. The fraction of sp³-hybridized carbons (Fsp3) is 0.276. The molecule has 0 amide bonds. The zero-order valence-corrected chi connectivity index (χ0v) is 21.3. The Morgan fingerprint density at radius 1 is 0.750 bits per heavy atom. The molecule has 0 aliphatic rings. The van der Waals surface area contributed by atoms with E-state index in [9.17, 15) is 35.5 Å². The summed E-state index contributed by atoms with van der Waals surface area (Å²) in [5.74, 6) is -9.97. The lowest BCUT2D eigenvalue weighted by Crippen LogP contribution is -2.25. The highest BCUT2D eigenvalue weighted by Gasteiger charge is 2.41. The first kappa shape index (κ1) is 30.5. The van der Waals surface area contributed by atoms with Crippen molar-refractivity contribution >= 4 is 5.97 Å². The number of hydrogen-bond donors (Lipinski definition) is 0. The van der Waals surface area contributed by atoms with Gasteiger partial charge in [-0.1, -0.05) is 18.7 Å². The topological polar surface area (TPSA) is 44.8 Å². The second kappa shape index (κ2) is 13.4. The molecule has 0 fully saturated rings. The number of benzene rings is 3. The molecule has 0 aromatic heterocycles. The van der Waals surface area contributed by atoms with Gasteiger partial charge in [0.25, 0.3) is 0 Å². The molecule has 0 saturated carbocycles. The molecule has 0 heterocycles. The van der Waals surface area contributed by atoms with E-state index in [1.165, 1.54) is 12.1 Å². The van der Waals surface area contributed by atoms with Gasteiger partial charge < -0.3 is 14.2 Å². The molecule has 0 spiro atoms. The molecule has 0 saturated heterocycles. The number of carbonyl (C=O) groups excluding carboxylic acids is 1. The Balaban J connectivity index is 1.56. The molecule has 0 N–H and O–H groups in total. The van der Waals surface area contributed by atoms with Crippen molar-refractivity contribution in [2.75, 3.05) is 13.2 Å². The monoisotopic (exact) mass is 570 g/mol. The van der Waals surface area contributed by atoms with E-state index in [1.807, 2.05) is 0 Å². The molecule has 11 heteroatoms. The van der Waals surface area contributed by atoms with Crippen LogP contribution in [0.4, 0.5) is 30.7 Å². The van der Waals surface area contributed by atoms with E-state index in [4.69, 9.17) is 9.47 Å². The smallest absolute Gasteiger partial charge is 0.432 e. The summed E-state index contributed by atoms with van der Waals surface area (Å²) in [7, 11) is 0. The maximum absolute atomic E-state index is 14.6. The standard InChI is InChI=1S/C29H25F7O4/c1-17(2)28(37)39-12-6-4-3-5-11-38-20-9-7-18(8-10-20)19-13-22(30)26(23(31)14-19)29(35,36)40-21-15-24(32)27(34)25(33)16-21/h7-10,13-16H,1,3-6,11-12H2,2H3. The van der Waals surface area contributed by atoms with Gasteiger partial charge in [0.15, 0.2) is 17.5 Å². The molecule has 0 unspecified atom stereocenters. The molecule has 0 aliphatic carbocycles. The summed E-state index contributed by atoms with van der Waals surface area (Å²) in [6, 6.07) is 7.64. The summed E-state index contributed by atoms with van der Waals surface area (Å²) in [4.78, 5) is 11.3. The van der Waals surface area contributed by atoms with Crippen molar-refractivity contribution in [2.45, 2.75) is 38.7 Å². The molecule has 0 radical (unpaired) electrons. The minimum Gasteiger partial charge on any atom is -0.494 e. The third-order valence-electron chi connectivity index (χ3n) is 5.61. The van der Waals surface area contributed by atoms with Gasteiger partial charge in [-0.2, -0.15) is 8.78 Å². The predicted octanol–water partition coefficient (Wildman–Crippen LogP) is 8.24. The summed E-state index contributed by atoms with van der Waals surface area (Å²) in [6.07, 6.45) is -1.55. The van der Waals surface area contributed by atoms with E-state index in [2.05, 4.69) is 11.3 Å². The van der Waals surface area contributed by atoms with Crippen molar-refractivity contribution in [1.82, 2.24) is 0 Å². The highest BCUT2D eigenvalue weighted by molar-refractivity contribution is 5.86. The zero-order valence-electron chi connectivity index (χ0n) is 21.3. The van der Waals surface area contributed by atoms with Crippen molar-refractivity contribution in [3.8, 4) is 22.6 Å². The normalized spacial score (nSPS) is 11.3. The first-order chi connectivity index (χ1) is 18.9. The van der Waals surface area contributed by atoms with Crippen molar-refractivity contribution in [1.29, 1.82) is 0 Å². The van der Waals surface area contributed by atoms with Crippen LogP contribution in [0.3, 0.4) is 0 Å². The number of esters is 1. The van der Waals surface area contributed by atoms with Crippen molar-refractivity contribution in [3.63, 3.8) is 0 Å². The number of hydrogen-bond acceptors (Lipinski definition) is 4. The van der Waals surface area contributed by atoms with Gasteiger partial charge >= 0.3 is 12.1 Å². The molecule has 3 aromatic rings. The van der Waals surface area contributed by atoms with E-state index in [1.54, 1.807) is 19.1 Å². The number of ether oxygens (including phenoxy) is 3. The molecule has 0 atom stereocenters. The Kier molecular flexibility index (Phi) is 10.2. The van der Waals surface area contributed by atoms with Gasteiger partial charge in [0, 0.05) is 17.7 Å². The summed E-state index contributed by atoms with van der Waals surface area (Å²) in [6.45, 7) is 5.79. The van der Waals surface area contributed by atoms with Gasteiger partial charge in [-0.25, -0.2) is 26.7 Å². The van der Waals surface area contributed by atoms with Gasteiger partial charge in [0.1, 0.15) is 28.7 Å². The summed E-state index contributed by atoms with van der Waals surface area (Å²) in [5, 5.41) is 0. The number of unbranched alkanes of at least 4 members (excludes halogenated alkanes) is 3. The van der Waals surface area contributed by atoms with Crippen LogP contribution >= 0.6 is 0 Å². The van der Waals surface area contributed by atoms with Crippen LogP contribution in [0.5, 0.6) is 11.5 Å². The van der Waals surface area contributed by atoms with Gasteiger partial charge in [0.05, 0.1) is 13.2 Å². The quantitative estimate of drug-likeness (QED) is 0.0683. The van der Waals surface area contributed by atoms with Crippen LogP contribution < -0.4 is 9.47 Å². The highest BCUT2D eigenvalue weighted by atomic mass is 19.3. The van der Waals surface area contributed by atoms with Crippen LogP contribution in [0.1, 0.15) is 38.2 Å². The van der Waals surface area contributed by atoms with Crippen LogP contribution in [0.2, 0.25) is 0 Å². The molecule has 3 rings (SSSR count). The Hall–Kier alpha value is -4.02. The average Bonchev–Trinajstić information content (AvgIpc) is 2.88. The van der Waals surface area contributed by atoms with E-state index in [-0.39, 0.29) is 17.7 Å². The lowest BCUT2D eigenvalue weighted by Gasteiger charge is -2.20. The Bertz CT molecular complexity index is 1310. The fourth-order valence-corrected chi connectivity index (χ4v) is 3.59. The minimum atomic E-state index is -4.67. The van der Waals surface area contributed by atoms with Crippen LogP contribution in [0.25, 0.3) is 11.1 Å². The summed E-state index contributed by atoms with van der Waals surface area (Å²) in [5.41, 5.74) is -1.20. The number of halogens is 7. The molecule has 4 nitrogen and oxygen atoms in total. The average molecular weight is 571 g/mol. The lowest BCUT2D eigenvalue weighted by molar-refractivity contribution is -0.189. The van der Waals surface area contributed by atoms with Crippen LogP contribution in [0.15, 0.2) is 60.7 Å². The van der Waals surface area contributed by atoms with E-state index < -0.39 is 52.5 Å². The van der Waals surface area contributed by atoms with E-state index >= 15 is 0 Å². The van der Waals surface area contributed by atoms with Crippen LogP contribution in [-0.4, -0.2) is 19.2 Å². The summed E-state index contributed by atoms with van der Waals surface area (Å²) < 4.78 is 113.